The number of nitrogens with one attached hydrogen (secondary N) is 1. The van der Waals surface area contributed by atoms with Crippen LogP contribution >= 0.6 is 11.6 Å². The standard InChI is InChI=1S/C14H15ClN2O/c15-12-5-6-13(14-11(12)4-2-8-17-14)18-10-3-1-7-16-9-10/h2,4-6,8,10,16H,1,3,7,9H2. The van der Waals surface area contributed by atoms with Gasteiger partial charge in [-0.15, -0.1) is 0 Å². The minimum Gasteiger partial charge on any atom is -0.487 e. The predicted octanol–water partition coefficient (Wildman–Crippen LogP) is 3.02. The van der Waals surface area contributed by atoms with Crippen molar-refractivity contribution in [3.8, 4) is 5.75 Å². The van der Waals surface area contributed by atoms with Gasteiger partial charge in [-0.2, -0.15) is 0 Å². The van der Waals surface area contributed by atoms with Crippen LogP contribution in [0.4, 0.5) is 0 Å². The van der Waals surface area contributed by atoms with Crippen LogP contribution in [0.1, 0.15) is 12.8 Å². The molecule has 1 aliphatic heterocycles. The average Bonchev–Trinajstić information content (AvgIpc) is 2.44. The van der Waals surface area contributed by atoms with Crippen LogP contribution in [0.25, 0.3) is 10.9 Å². The lowest BCUT2D eigenvalue weighted by molar-refractivity contribution is 0.169. The summed E-state index contributed by atoms with van der Waals surface area (Å²) in [6.45, 7) is 1.98. The Labute approximate surface area is 111 Å². The summed E-state index contributed by atoms with van der Waals surface area (Å²) in [5, 5.41) is 5.00. The molecule has 1 saturated heterocycles. The molecule has 1 fully saturated rings. The van der Waals surface area contributed by atoms with Crippen LogP contribution in [0.3, 0.4) is 0 Å². The van der Waals surface area contributed by atoms with E-state index in [1.54, 1.807) is 6.20 Å². The lowest BCUT2D eigenvalue weighted by Crippen LogP contribution is -2.37. The molecule has 1 aromatic heterocycles. The summed E-state index contributed by atoms with van der Waals surface area (Å²) in [6.07, 6.45) is 4.24. The molecule has 18 heavy (non-hydrogen) atoms. The summed E-state index contributed by atoms with van der Waals surface area (Å²) in [5.74, 6) is 0.823. The first-order chi connectivity index (χ1) is 8.84. The monoisotopic (exact) mass is 262 g/mol. The van der Waals surface area contributed by atoms with Crippen molar-refractivity contribution < 1.29 is 4.74 Å². The van der Waals surface area contributed by atoms with Gasteiger partial charge in [0, 0.05) is 18.1 Å². The first kappa shape index (κ1) is 11.8. The molecule has 0 bridgehead atoms. The Morgan fingerprint density at radius 1 is 1.33 bits per heavy atom. The fraction of sp³-hybridized carbons (Fsp3) is 0.357. The molecule has 1 unspecified atom stereocenters. The van der Waals surface area contributed by atoms with Crippen molar-refractivity contribution in [2.24, 2.45) is 0 Å². The number of fused-ring (bicyclic) bond motifs is 1. The lowest BCUT2D eigenvalue weighted by atomic mass is 10.1. The summed E-state index contributed by atoms with van der Waals surface area (Å²) in [7, 11) is 0. The molecule has 4 heteroatoms. The molecular weight excluding hydrogens is 248 g/mol. The maximum absolute atomic E-state index is 6.16. The van der Waals surface area contributed by atoms with Gasteiger partial charge in [0.15, 0.2) is 0 Å². The number of halogens is 1. The molecule has 0 saturated carbocycles. The molecule has 94 valence electrons. The molecule has 1 aliphatic rings. The molecule has 0 amide bonds. The first-order valence-corrected chi connectivity index (χ1v) is 6.63. The number of piperidine rings is 1. The van der Waals surface area contributed by atoms with Crippen molar-refractivity contribution in [1.29, 1.82) is 0 Å². The Morgan fingerprint density at radius 3 is 3.11 bits per heavy atom. The molecule has 2 aromatic rings. The molecule has 1 aromatic carbocycles. The Bertz CT molecular complexity index is 552. The molecule has 0 spiro atoms. The molecular formula is C14H15ClN2O. The maximum Gasteiger partial charge on any atom is 0.146 e. The number of nitrogens with zero attached hydrogens (tertiary/aromatic N) is 1. The van der Waals surface area contributed by atoms with Crippen molar-refractivity contribution in [3.63, 3.8) is 0 Å². The van der Waals surface area contributed by atoms with Gasteiger partial charge in [-0.05, 0) is 43.7 Å². The van der Waals surface area contributed by atoms with Crippen LogP contribution in [0.5, 0.6) is 5.75 Å². The maximum atomic E-state index is 6.16. The summed E-state index contributed by atoms with van der Waals surface area (Å²) >= 11 is 6.16. The lowest BCUT2D eigenvalue weighted by Gasteiger charge is -2.24. The number of rotatable bonds is 2. The van der Waals surface area contributed by atoms with E-state index in [9.17, 15) is 0 Å². The fourth-order valence-electron chi connectivity index (χ4n) is 2.31. The third-order valence-electron chi connectivity index (χ3n) is 3.22. The van der Waals surface area contributed by atoms with E-state index in [0.29, 0.717) is 5.02 Å². The Kier molecular flexibility index (Phi) is 3.35. The molecule has 0 aliphatic carbocycles. The van der Waals surface area contributed by atoms with Crippen LogP contribution in [0.2, 0.25) is 5.02 Å². The summed E-state index contributed by atoms with van der Waals surface area (Å²) < 4.78 is 6.04. The zero-order valence-corrected chi connectivity index (χ0v) is 10.8. The van der Waals surface area contributed by atoms with Gasteiger partial charge in [0.1, 0.15) is 17.4 Å². The summed E-state index contributed by atoms with van der Waals surface area (Å²) in [5.41, 5.74) is 0.843. The zero-order valence-electron chi connectivity index (χ0n) is 10.0. The van der Waals surface area contributed by atoms with Gasteiger partial charge in [0.05, 0.1) is 5.02 Å². The van der Waals surface area contributed by atoms with E-state index in [2.05, 4.69) is 10.3 Å². The van der Waals surface area contributed by atoms with Crippen LogP contribution < -0.4 is 10.1 Å². The van der Waals surface area contributed by atoms with E-state index in [4.69, 9.17) is 16.3 Å². The van der Waals surface area contributed by atoms with Crippen LogP contribution in [-0.4, -0.2) is 24.2 Å². The van der Waals surface area contributed by atoms with Gasteiger partial charge >= 0.3 is 0 Å². The number of aromatic nitrogens is 1. The summed E-state index contributed by atoms with van der Waals surface area (Å²) in [4.78, 5) is 4.38. The second kappa shape index (κ2) is 5.12. The smallest absolute Gasteiger partial charge is 0.146 e. The largest absolute Gasteiger partial charge is 0.487 e. The van der Waals surface area contributed by atoms with E-state index >= 15 is 0 Å². The highest BCUT2D eigenvalue weighted by atomic mass is 35.5. The Morgan fingerprint density at radius 2 is 2.28 bits per heavy atom. The minimum absolute atomic E-state index is 0.227. The molecule has 1 atom stereocenters. The number of hydrogen-bond donors (Lipinski definition) is 1. The molecule has 3 nitrogen and oxygen atoms in total. The number of ether oxygens (including phenoxy) is 1. The van der Waals surface area contributed by atoms with Gasteiger partial charge < -0.3 is 10.1 Å². The van der Waals surface area contributed by atoms with Crippen molar-refractivity contribution >= 4 is 22.5 Å². The Hall–Kier alpha value is -1.32. The first-order valence-electron chi connectivity index (χ1n) is 6.25. The van der Waals surface area contributed by atoms with E-state index in [1.807, 2.05) is 24.3 Å². The highest BCUT2D eigenvalue weighted by Gasteiger charge is 2.16. The van der Waals surface area contributed by atoms with Gasteiger partial charge in [-0.25, -0.2) is 0 Å². The van der Waals surface area contributed by atoms with Gasteiger partial charge in [0.2, 0.25) is 0 Å². The topological polar surface area (TPSA) is 34.1 Å². The van der Waals surface area contributed by atoms with E-state index in [1.165, 1.54) is 0 Å². The van der Waals surface area contributed by atoms with Gasteiger partial charge in [-0.1, -0.05) is 11.6 Å². The van der Waals surface area contributed by atoms with Crippen molar-refractivity contribution in [3.05, 3.63) is 35.5 Å². The Balaban J connectivity index is 1.94. The van der Waals surface area contributed by atoms with E-state index in [0.717, 1.165) is 42.6 Å². The quantitative estimate of drug-likeness (QED) is 0.903. The van der Waals surface area contributed by atoms with Crippen molar-refractivity contribution in [2.45, 2.75) is 18.9 Å². The summed E-state index contributed by atoms with van der Waals surface area (Å²) in [6, 6.07) is 7.64. The second-order valence-electron chi connectivity index (χ2n) is 4.53. The normalized spacial score (nSPS) is 19.9. The number of benzene rings is 1. The van der Waals surface area contributed by atoms with Crippen molar-refractivity contribution in [1.82, 2.24) is 10.3 Å². The molecule has 0 radical (unpaired) electrons. The minimum atomic E-state index is 0.227. The molecule has 3 rings (SSSR count). The van der Waals surface area contributed by atoms with Gasteiger partial charge in [0.25, 0.3) is 0 Å². The van der Waals surface area contributed by atoms with Crippen LogP contribution in [0.15, 0.2) is 30.5 Å². The van der Waals surface area contributed by atoms with Crippen LogP contribution in [-0.2, 0) is 0 Å². The number of pyridine rings is 1. The van der Waals surface area contributed by atoms with E-state index < -0.39 is 0 Å². The highest BCUT2D eigenvalue weighted by molar-refractivity contribution is 6.35. The van der Waals surface area contributed by atoms with E-state index in [-0.39, 0.29) is 6.10 Å². The third-order valence-corrected chi connectivity index (χ3v) is 3.55. The molecule has 1 N–H and O–H groups in total. The van der Waals surface area contributed by atoms with Crippen LogP contribution in [0, 0.1) is 0 Å². The van der Waals surface area contributed by atoms with Crippen molar-refractivity contribution in [2.75, 3.05) is 13.1 Å². The third kappa shape index (κ3) is 2.28. The van der Waals surface area contributed by atoms with Gasteiger partial charge in [-0.3, -0.25) is 4.98 Å². The SMILES string of the molecule is Clc1ccc(OC2CCCNC2)c2ncccc12. The zero-order chi connectivity index (χ0) is 12.4. The number of hydrogen-bond acceptors (Lipinski definition) is 3. The average molecular weight is 263 g/mol. The fourth-order valence-corrected chi connectivity index (χ4v) is 2.52. The second-order valence-corrected chi connectivity index (χ2v) is 4.94. The predicted molar refractivity (Wildman–Crippen MR) is 73.3 cm³/mol. The highest BCUT2D eigenvalue weighted by Crippen LogP contribution is 2.30. The molecule has 2 heterocycles.